The molecular formula is C5H6F3N3O. The number of hydrogen-bond donors (Lipinski definition) is 2. The van der Waals surface area contributed by atoms with Crippen molar-refractivity contribution in [1.29, 1.82) is 0 Å². The second-order valence-electron chi connectivity index (χ2n) is 2.09. The molecule has 1 rings (SSSR count). The minimum atomic E-state index is -4.43. The fourth-order valence-corrected chi connectivity index (χ4v) is 0.671. The van der Waals surface area contributed by atoms with E-state index >= 15 is 0 Å². The number of nitrogens with zero attached hydrogens (tertiary/aromatic N) is 1. The van der Waals surface area contributed by atoms with E-state index in [0.717, 1.165) is 6.07 Å². The number of rotatable bonds is 2. The van der Waals surface area contributed by atoms with Gasteiger partial charge >= 0.3 is 6.18 Å². The summed E-state index contributed by atoms with van der Waals surface area (Å²) >= 11 is 0. The Hall–Kier alpha value is -1.08. The Morgan fingerprint density at radius 2 is 2.25 bits per heavy atom. The monoisotopic (exact) mass is 181 g/mol. The third-order valence-corrected chi connectivity index (χ3v) is 1.16. The minimum Gasteiger partial charge on any atom is -0.298 e. The van der Waals surface area contributed by atoms with Crippen LogP contribution in [0.5, 0.6) is 0 Å². The highest BCUT2D eigenvalue weighted by atomic mass is 19.4. The van der Waals surface area contributed by atoms with Crippen LogP contribution in [0.15, 0.2) is 6.07 Å². The molecule has 0 fully saturated rings. The Morgan fingerprint density at radius 3 is 2.67 bits per heavy atom. The van der Waals surface area contributed by atoms with E-state index in [-0.39, 0.29) is 12.3 Å². The summed E-state index contributed by atoms with van der Waals surface area (Å²) < 4.78 is 35.7. The van der Waals surface area contributed by atoms with Crippen molar-refractivity contribution in [2.75, 3.05) is 0 Å². The number of nitrogens with one attached hydrogen (secondary N) is 1. The van der Waals surface area contributed by atoms with Gasteiger partial charge < -0.3 is 0 Å². The van der Waals surface area contributed by atoms with Crippen LogP contribution in [-0.2, 0) is 17.6 Å². The Bertz CT molecular complexity index is 257. The third kappa shape index (κ3) is 1.95. The lowest BCUT2D eigenvalue weighted by Gasteiger charge is -1.98. The van der Waals surface area contributed by atoms with Gasteiger partial charge in [0.25, 0.3) is 0 Å². The van der Waals surface area contributed by atoms with E-state index in [1.54, 1.807) is 0 Å². The number of aromatic nitrogens is 2. The molecule has 0 amide bonds. The summed E-state index contributed by atoms with van der Waals surface area (Å²) in [6, 6.07) is 0.840. The van der Waals surface area contributed by atoms with Gasteiger partial charge in [0.2, 0.25) is 0 Å². The van der Waals surface area contributed by atoms with Gasteiger partial charge in [0, 0.05) is 0 Å². The summed E-state index contributed by atoms with van der Waals surface area (Å²) in [4.78, 5) is 4.12. The highest BCUT2D eigenvalue weighted by Crippen LogP contribution is 2.27. The van der Waals surface area contributed by atoms with Crippen molar-refractivity contribution in [2.24, 2.45) is 5.90 Å². The lowest BCUT2D eigenvalue weighted by Crippen LogP contribution is -2.04. The van der Waals surface area contributed by atoms with E-state index in [0.29, 0.717) is 0 Å². The van der Waals surface area contributed by atoms with Gasteiger partial charge in [0.15, 0.2) is 5.69 Å². The Labute approximate surface area is 65.5 Å². The fourth-order valence-electron chi connectivity index (χ4n) is 0.671. The lowest BCUT2D eigenvalue weighted by molar-refractivity contribution is -0.141. The third-order valence-electron chi connectivity index (χ3n) is 1.16. The van der Waals surface area contributed by atoms with Gasteiger partial charge in [-0.15, -0.1) is 0 Å². The molecule has 0 aromatic carbocycles. The number of nitrogens with two attached hydrogens (primary N) is 1. The van der Waals surface area contributed by atoms with Crippen molar-refractivity contribution in [3.05, 3.63) is 17.5 Å². The lowest BCUT2D eigenvalue weighted by atomic mass is 10.3. The molecule has 7 heteroatoms. The molecule has 68 valence electrons. The molecule has 0 spiro atoms. The molecule has 1 aromatic rings. The average Bonchev–Trinajstić information content (AvgIpc) is 2.35. The number of alkyl halides is 3. The fraction of sp³-hybridized carbons (Fsp3) is 0.400. The SMILES string of the molecule is NOCc1cc(C(F)(F)F)n[nH]1. The topological polar surface area (TPSA) is 63.9 Å². The summed E-state index contributed by atoms with van der Waals surface area (Å²) in [5.41, 5.74) is -0.792. The van der Waals surface area contributed by atoms with Gasteiger partial charge in [-0.3, -0.25) is 9.94 Å². The van der Waals surface area contributed by atoms with Crippen molar-refractivity contribution < 1.29 is 18.0 Å². The van der Waals surface area contributed by atoms with E-state index in [4.69, 9.17) is 0 Å². The molecule has 12 heavy (non-hydrogen) atoms. The summed E-state index contributed by atoms with van der Waals surface area (Å²) in [5.74, 6) is 4.65. The van der Waals surface area contributed by atoms with Crippen molar-refractivity contribution >= 4 is 0 Å². The number of halogens is 3. The maximum absolute atomic E-state index is 11.9. The van der Waals surface area contributed by atoms with Gasteiger partial charge in [-0.1, -0.05) is 0 Å². The summed E-state index contributed by atoms with van der Waals surface area (Å²) in [5, 5.41) is 5.16. The normalized spacial score (nSPS) is 12.0. The maximum atomic E-state index is 11.9. The molecule has 3 N–H and O–H groups in total. The second kappa shape index (κ2) is 3.11. The molecule has 0 atom stereocenters. The Kier molecular flexibility index (Phi) is 2.34. The van der Waals surface area contributed by atoms with Crippen molar-refractivity contribution in [3.63, 3.8) is 0 Å². The first-order chi connectivity index (χ1) is 5.54. The summed E-state index contributed by atoms with van der Waals surface area (Å²) in [6.45, 7) is -0.122. The predicted molar refractivity (Wildman–Crippen MR) is 32.6 cm³/mol. The van der Waals surface area contributed by atoms with Crippen LogP contribution in [0.4, 0.5) is 13.2 Å². The summed E-state index contributed by atoms with van der Waals surface area (Å²) in [6.07, 6.45) is -4.43. The molecule has 0 radical (unpaired) electrons. The zero-order valence-corrected chi connectivity index (χ0v) is 5.85. The molecule has 0 aliphatic rings. The van der Waals surface area contributed by atoms with E-state index in [1.807, 2.05) is 0 Å². The quantitative estimate of drug-likeness (QED) is 0.664. The smallest absolute Gasteiger partial charge is 0.298 e. The van der Waals surface area contributed by atoms with Crippen LogP contribution < -0.4 is 5.90 Å². The van der Waals surface area contributed by atoms with Crippen LogP contribution in [0.2, 0.25) is 0 Å². The number of H-pyrrole nitrogens is 1. The number of aromatic amines is 1. The van der Waals surface area contributed by atoms with Crippen LogP contribution in [0.3, 0.4) is 0 Å². The van der Waals surface area contributed by atoms with E-state index < -0.39 is 11.9 Å². The number of hydrogen-bond acceptors (Lipinski definition) is 3. The molecule has 0 aliphatic heterocycles. The highest BCUT2D eigenvalue weighted by molar-refractivity contribution is 5.10. The van der Waals surface area contributed by atoms with Crippen LogP contribution in [0.1, 0.15) is 11.4 Å². The Morgan fingerprint density at radius 1 is 1.58 bits per heavy atom. The standard InChI is InChI=1S/C5H6F3N3O/c6-5(7,8)4-1-3(2-12-9)10-11-4/h1H,2,9H2,(H,10,11). The Balaban J connectivity index is 2.77. The molecule has 1 heterocycles. The molecule has 0 unspecified atom stereocenters. The largest absolute Gasteiger partial charge is 0.435 e. The molecule has 1 aromatic heterocycles. The van der Waals surface area contributed by atoms with E-state index in [1.165, 1.54) is 0 Å². The minimum absolute atomic E-state index is 0.122. The van der Waals surface area contributed by atoms with E-state index in [9.17, 15) is 13.2 Å². The van der Waals surface area contributed by atoms with E-state index in [2.05, 4.69) is 20.9 Å². The molecule has 0 aliphatic carbocycles. The zero-order valence-electron chi connectivity index (χ0n) is 5.85. The van der Waals surface area contributed by atoms with Crippen LogP contribution >= 0.6 is 0 Å². The zero-order chi connectivity index (χ0) is 9.19. The van der Waals surface area contributed by atoms with Gasteiger partial charge in [-0.05, 0) is 6.07 Å². The highest BCUT2D eigenvalue weighted by Gasteiger charge is 2.33. The maximum Gasteiger partial charge on any atom is 0.435 e. The molecule has 0 saturated heterocycles. The van der Waals surface area contributed by atoms with Crippen molar-refractivity contribution in [1.82, 2.24) is 10.2 Å². The van der Waals surface area contributed by atoms with Crippen LogP contribution in [-0.4, -0.2) is 10.2 Å². The van der Waals surface area contributed by atoms with Crippen LogP contribution in [0, 0.1) is 0 Å². The molecular weight excluding hydrogens is 175 g/mol. The van der Waals surface area contributed by atoms with Gasteiger partial charge in [0.05, 0.1) is 5.69 Å². The van der Waals surface area contributed by atoms with Crippen molar-refractivity contribution in [3.8, 4) is 0 Å². The molecule has 0 saturated carbocycles. The predicted octanol–water partition coefficient (Wildman–Crippen LogP) is 0.819. The molecule has 0 bridgehead atoms. The first kappa shape index (κ1) is 9.01. The first-order valence-electron chi connectivity index (χ1n) is 2.97. The van der Waals surface area contributed by atoms with Gasteiger partial charge in [-0.2, -0.15) is 18.3 Å². The van der Waals surface area contributed by atoms with Gasteiger partial charge in [-0.25, -0.2) is 5.90 Å². The van der Waals surface area contributed by atoms with Crippen molar-refractivity contribution in [2.45, 2.75) is 12.8 Å². The molecule has 4 nitrogen and oxygen atoms in total. The van der Waals surface area contributed by atoms with Gasteiger partial charge in [0.1, 0.15) is 6.61 Å². The van der Waals surface area contributed by atoms with Crippen LogP contribution in [0.25, 0.3) is 0 Å². The average molecular weight is 181 g/mol. The first-order valence-corrected chi connectivity index (χ1v) is 2.97. The second-order valence-corrected chi connectivity index (χ2v) is 2.09. The summed E-state index contributed by atoms with van der Waals surface area (Å²) in [7, 11) is 0.